The Bertz CT molecular complexity index is 442. The van der Waals surface area contributed by atoms with Gasteiger partial charge in [0.05, 0.1) is 0 Å². The van der Waals surface area contributed by atoms with Gasteiger partial charge in [-0.2, -0.15) is 0 Å². The van der Waals surface area contributed by atoms with E-state index < -0.39 is 0 Å². The van der Waals surface area contributed by atoms with E-state index in [-0.39, 0.29) is 0 Å². The highest BCUT2D eigenvalue weighted by molar-refractivity contribution is 8.03. The first-order chi connectivity index (χ1) is 10.7. The average Bonchev–Trinajstić information content (AvgIpc) is 2.51. The number of benzene rings is 1. The molecule has 0 aliphatic carbocycles. The summed E-state index contributed by atoms with van der Waals surface area (Å²) >= 11 is 1.97. The molecular formula is C21H32S. The lowest BCUT2D eigenvalue weighted by molar-refractivity contribution is 0.579. The Balaban J connectivity index is 2.89. The van der Waals surface area contributed by atoms with Gasteiger partial charge in [0.1, 0.15) is 0 Å². The maximum atomic E-state index is 3.97. The number of rotatable bonds is 11. The minimum atomic E-state index is 0.762. The zero-order chi connectivity index (χ0) is 16.2. The molecule has 0 spiro atoms. The molecule has 0 aliphatic heterocycles. The van der Waals surface area contributed by atoms with Crippen LogP contribution in [0.5, 0.6) is 0 Å². The van der Waals surface area contributed by atoms with E-state index in [1.165, 1.54) is 43.4 Å². The molecule has 0 nitrogen and oxygen atoms in total. The Morgan fingerprint density at radius 2 is 1.86 bits per heavy atom. The van der Waals surface area contributed by atoms with E-state index in [1.54, 1.807) is 10.5 Å². The Labute approximate surface area is 142 Å². The molecule has 0 heterocycles. The van der Waals surface area contributed by atoms with Crippen LogP contribution in [-0.2, 0) is 0 Å². The van der Waals surface area contributed by atoms with Crippen LogP contribution in [0.4, 0.5) is 0 Å². The van der Waals surface area contributed by atoms with E-state index in [9.17, 15) is 0 Å². The molecule has 0 unspecified atom stereocenters. The molecule has 1 aromatic rings. The van der Waals surface area contributed by atoms with Crippen molar-refractivity contribution in [2.75, 3.05) is 0 Å². The largest absolute Gasteiger partial charge is 0.103 e. The van der Waals surface area contributed by atoms with Gasteiger partial charge >= 0.3 is 0 Å². The van der Waals surface area contributed by atoms with Crippen LogP contribution in [-0.4, -0.2) is 0 Å². The van der Waals surface area contributed by atoms with Gasteiger partial charge in [-0.25, -0.2) is 0 Å². The first-order valence-electron chi connectivity index (χ1n) is 8.72. The first-order valence-corrected chi connectivity index (χ1v) is 9.53. The molecule has 0 bridgehead atoms. The van der Waals surface area contributed by atoms with Crippen molar-refractivity contribution in [2.45, 2.75) is 70.6 Å². The predicted molar refractivity (Wildman–Crippen MR) is 102 cm³/mol. The molecule has 0 amide bonds. The summed E-state index contributed by atoms with van der Waals surface area (Å²) in [4.78, 5) is 2.94. The van der Waals surface area contributed by atoms with Crippen LogP contribution < -0.4 is 0 Å². The van der Waals surface area contributed by atoms with Crippen molar-refractivity contribution in [1.29, 1.82) is 0 Å². The van der Waals surface area contributed by atoms with Crippen LogP contribution in [0.15, 0.2) is 58.4 Å². The normalized spacial score (nSPS) is 12.4. The second kappa shape index (κ2) is 11.6. The van der Waals surface area contributed by atoms with E-state index in [2.05, 4.69) is 63.8 Å². The lowest BCUT2D eigenvalue weighted by Crippen LogP contribution is -1.95. The summed E-state index contributed by atoms with van der Waals surface area (Å²) in [7, 11) is 0. The lowest BCUT2D eigenvalue weighted by Gasteiger charge is -2.16. The lowest BCUT2D eigenvalue weighted by atomic mass is 9.99. The highest BCUT2D eigenvalue weighted by Crippen LogP contribution is 2.35. The summed E-state index contributed by atoms with van der Waals surface area (Å²) in [6.07, 6.45) is 10.7. The summed E-state index contributed by atoms with van der Waals surface area (Å²) in [6.45, 7) is 10.9. The third-order valence-electron chi connectivity index (χ3n) is 3.80. The quantitative estimate of drug-likeness (QED) is 0.230. The molecule has 0 atom stereocenters. The highest BCUT2D eigenvalue weighted by atomic mass is 32.2. The van der Waals surface area contributed by atoms with Crippen molar-refractivity contribution in [3.8, 4) is 0 Å². The van der Waals surface area contributed by atoms with E-state index in [0.717, 1.165) is 12.3 Å². The van der Waals surface area contributed by atoms with E-state index in [4.69, 9.17) is 0 Å². The van der Waals surface area contributed by atoms with Crippen molar-refractivity contribution < 1.29 is 0 Å². The third-order valence-corrected chi connectivity index (χ3v) is 5.05. The summed E-state index contributed by atoms with van der Waals surface area (Å²) in [5, 5.41) is 0. The van der Waals surface area contributed by atoms with Gasteiger partial charge in [0.2, 0.25) is 0 Å². The highest BCUT2D eigenvalue weighted by Gasteiger charge is 2.09. The van der Waals surface area contributed by atoms with Gasteiger partial charge < -0.3 is 0 Å². The van der Waals surface area contributed by atoms with E-state index in [0.29, 0.717) is 0 Å². The molecule has 0 saturated heterocycles. The second-order valence-corrected chi connectivity index (χ2v) is 7.49. The number of allylic oxidation sites excluding steroid dienone is 3. The fraction of sp³-hybridized carbons (Fsp3) is 0.524. The average molecular weight is 317 g/mol. The summed E-state index contributed by atoms with van der Waals surface area (Å²) in [5.41, 5.74) is 1.61. The van der Waals surface area contributed by atoms with Crippen molar-refractivity contribution in [2.24, 2.45) is 5.92 Å². The Morgan fingerprint density at radius 3 is 2.45 bits per heavy atom. The molecule has 0 saturated carbocycles. The molecular weight excluding hydrogens is 284 g/mol. The predicted octanol–water partition coefficient (Wildman–Crippen LogP) is 7.63. The molecule has 0 fully saturated rings. The Kier molecular flexibility index (Phi) is 10.1. The van der Waals surface area contributed by atoms with Gasteiger partial charge in [0.25, 0.3) is 0 Å². The van der Waals surface area contributed by atoms with Crippen molar-refractivity contribution in [3.05, 3.63) is 53.5 Å². The number of unbranched alkanes of at least 4 members (excludes halogenated alkanes) is 2. The van der Waals surface area contributed by atoms with Crippen LogP contribution in [0.1, 0.15) is 65.7 Å². The van der Waals surface area contributed by atoms with Gasteiger partial charge in [0, 0.05) is 4.90 Å². The van der Waals surface area contributed by atoms with Gasteiger partial charge in [0.15, 0.2) is 0 Å². The fourth-order valence-electron chi connectivity index (χ4n) is 2.46. The molecule has 22 heavy (non-hydrogen) atoms. The minimum Gasteiger partial charge on any atom is -0.103 e. The zero-order valence-electron chi connectivity index (χ0n) is 14.6. The standard InChI is InChI=1S/C21H32S/c1-5-7-9-15-21(22-20-13-10-8-11-14-20)19(12-6-2)17-16-18(3)4/h6,8,10-11,13-14,18H,2,5,7,9,12,15-17H2,1,3-4H3/b21-19-. The van der Waals surface area contributed by atoms with Gasteiger partial charge in [-0.15, -0.1) is 6.58 Å². The smallest absolute Gasteiger partial charge is 0.0119 e. The number of hydrogen-bond donors (Lipinski definition) is 0. The molecule has 1 rings (SSSR count). The van der Waals surface area contributed by atoms with Crippen molar-refractivity contribution in [3.63, 3.8) is 0 Å². The monoisotopic (exact) mass is 316 g/mol. The number of hydrogen-bond acceptors (Lipinski definition) is 1. The Hall–Kier alpha value is -0.950. The third kappa shape index (κ3) is 7.89. The molecule has 1 heteroatoms. The maximum Gasteiger partial charge on any atom is 0.0119 e. The van der Waals surface area contributed by atoms with Gasteiger partial charge in [-0.3, -0.25) is 0 Å². The topological polar surface area (TPSA) is 0 Å². The van der Waals surface area contributed by atoms with Crippen LogP contribution >= 0.6 is 11.8 Å². The molecule has 0 radical (unpaired) electrons. The van der Waals surface area contributed by atoms with Crippen LogP contribution in [0.25, 0.3) is 0 Å². The molecule has 1 aromatic carbocycles. The molecule has 122 valence electrons. The SMILES string of the molecule is C=CC/C(CCC(C)C)=C(\CCCCC)Sc1ccccc1. The van der Waals surface area contributed by atoms with Crippen LogP contribution in [0.3, 0.4) is 0 Å². The van der Waals surface area contributed by atoms with Crippen molar-refractivity contribution >= 4 is 11.8 Å². The maximum absolute atomic E-state index is 3.97. The first kappa shape index (κ1) is 19.1. The number of thioether (sulfide) groups is 1. The van der Waals surface area contributed by atoms with Crippen molar-refractivity contribution in [1.82, 2.24) is 0 Å². The molecule has 0 aliphatic rings. The summed E-state index contributed by atoms with van der Waals surface area (Å²) < 4.78 is 0. The van der Waals surface area contributed by atoms with Gasteiger partial charge in [-0.05, 0) is 55.1 Å². The fourth-order valence-corrected chi connectivity index (χ4v) is 3.61. The van der Waals surface area contributed by atoms with E-state index in [1.807, 2.05) is 11.8 Å². The molecule has 0 aromatic heterocycles. The van der Waals surface area contributed by atoms with Crippen LogP contribution in [0, 0.1) is 5.92 Å². The zero-order valence-corrected chi connectivity index (χ0v) is 15.4. The van der Waals surface area contributed by atoms with Crippen LogP contribution in [0.2, 0.25) is 0 Å². The summed E-state index contributed by atoms with van der Waals surface area (Å²) in [5.74, 6) is 0.762. The Morgan fingerprint density at radius 1 is 1.14 bits per heavy atom. The second-order valence-electron chi connectivity index (χ2n) is 6.32. The van der Waals surface area contributed by atoms with E-state index >= 15 is 0 Å². The molecule has 0 N–H and O–H groups in total. The van der Waals surface area contributed by atoms with Gasteiger partial charge in [-0.1, -0.05) is 75.2 Å². The minimum absolute atomic E-state index is 0.762. The summed E-state index contributed by atoms with van der Waals surface area (Å²) in [6, 6.07) is 10.8.